The highest BCUT2D eigenvalue weighted by Gasteiger charge is 2.42. The summed E-state index contributed by atoms with van der Waals surface area (Å²) in [5.41, 5.74) is 1.67. The first-order valence-corrected chi connectivity index (χ1v) is 9.18. The van der Waals surface area contributed by atoms with E-state index in [-0.39, 0.29) is 22.2 Å². The number of fused-ring (bicyclic) bond motifs is 3. The number of ketones is 1. The second-order valence-electron chi connectivity index (χ2n) is 6.56. The molecule has 0 fully saturated rings. The molecule has 3 N–H and O–H groups in total. The highest BCUT2D eigenvalue weighted by atomic mass is 35.5. The minimum Gasteiger partial charge on any atom is -0.340 e. The van der Waals surface area contributed by atoms with Gasteiger partial charge >= 0.3 is 5.69 Å². The molecular formula is C20H11Cl2N3O3. The minimum atomic E-state index is -0.780. The fourth-order valence-electron chi connectivity index (χ4n) is 3.91. The molecule has 0 radical (unpaired) electrons. The summed E-state index contributed by atoms with van der Waals surface area (Å²) in [7, 11) is 0. The maximum Gasteiger partial charge on any atom is 0.327 e. The molecule has 0 saturated carbocycles. The van der Waals surface area contributed by atoms with Gasteiger partial charge in [0, 0.05) is 16.7 Å². The zero-order chi connectivity index (χ0) is 19.6. The normalized spacial score (nSPS) is 17.1. The third-order valence-corrected chi connectivity index (χ3v) is 5.89. The van der Waals surface area contributed by atoms with Crippen molar-refractivity contribution in [3.8, 4) is 0 Å². The first-order chi connectivity index (χ1) is 13.5. The van der Waals surface area contributed by atoms with Crippen molar-refractivity contribution in [1.29, 1.82) is 0 Å². The quantitative estimate of drug-likeness (QED) is 0.570. The van der Waals surface area contributed by atoms with E-state index in [9.17, 15) is 14.4 Å². The lowest BCUT2D eigenvalue weighted by Gasteiger charge is -2.28. The Morgan fingerprint density at radius 2 is 1.61 bits per heavy atom. The van der Waals surface area contributed by atoms with Crippen molar-refractivity contribution in [2.45, 2.75) is 5.92 Å². The van der Waals surface area contributed by atoms with E-state index in [2.05, 4.69) is 15.3 Å². The summed E-state index contributed by atoms with van der Waals surface area (Å²) in [5, 5.41) is 3.63. The number of benzene rings is 2. The number of nitrogens with one attached hydrogen (secondary N) is 3. The van der Waals surface area contributed by atoms with Crippen LogP contribution in [0.15, 0.2) is 57.6 Å². The van der Waals surface area contributed by atoms with Gasteiger partial charge in [-0.1, -0.05) is 59.6 Å². The Labute approximate surface area is 167 Å². The standard InChI is InChI=1S/C20H11Cl2N3O3/c21-11-7-3-6-10(15(11)22)12-13-16(8-4-1-2-5-9(8)17(13)26)23-18-14(12)19(27)25-20(28)24-18/h1-7,12H,(H3,23,24,25,27,28)/t12-/m1/s1. The number of H-pyrrole nitrogens is 2. The molecule has 2 heterocycles. The van der Waals surface area contributed by atoms with Crippen molar-refractivity contribution in [2.75, 3.05) is 5.32 Å². The summed E-state index contributed by atoms with van der Waals surface area (Å²) < 4.78 is 0. The second-order valence-corrected chi connectivity index (χ2v) is 7.35. The van der Waals surface area contributed by atoms with Crippen LogP contribution in [0.4, 0.5) is 5.82 Å². The largest absolute Gasteiger partial charge is 0.340 e. The molecule has 1 aromatic heterocycles. The van der Waals surface area contributed by atoms with Gasteiger partial charge in [0.2, 0.25) is 0 Å². The number of Topliss-reactive ketones (excluding diaryl/α,β-unsaturated/α-hetero) is 1. The number of halogens is 2. The van der Waals surface area contributed by atoms with Crippen LogP contribution in [0, 0.1) is 0 Å². The number of carbonyl (C=O) groups is 1. The predicted molar refractivity (Wildman–Crippen MR) is 107 cm³/mol. The number of hydrogen-bond acceptors (Lipinski definition) is 4. The van der Waals surface area contributed by atoms with E-state index in [1.807, 2.05) is 12.1 Å². The topological polar surface area (TPSA) is 94.8 Å². The summed E-state index contributed by atoms with van der Waals surface area (Å²) >= 11 is 12.7. The van der Waals surface area contributed by atoms with Gasteiger partial charge < -0.3 is 5.32 Å². The lowest BCUT2D eigenvalue weighted by atomic mass is 9.81. The van der Waals surface area contributed by atoms with Gasteiger partial charge in [0.15, 0.2) is 5.78 Å². The van der Waals surface area contributed by atoms with Crippen LogP contribution in [0.2, 0.25) is 10.0 Å². The number of aromatic nitrogens is 2. The van der Waals surface area contributed by atoms with Crippen molar-refractivity contribution < 1.29 is 4.79 Å². The van der Waals surface area contributed by atoms with Crippen molar-refractivity contribution in [3.63, 3.8) is 0 Å². The van der Waals surface area contributed by atoms with E-state index in [1.54, 1.807) is 30.3 Å². The lowest BCUT2D eigenvalue weighted by molar-refractivity contribution is 0.103. The highest BCUT2D eigenvalue weighted by molar-refractivity contribution is 6.42. The average molecular weight is 412 g/mol. The Morgan fingerprint density at radius 1 is 0.857 bits per heavy atom. The number of hydrogen-bond donors (Lipinski definition) is 3. The number of carbonyl (C=O) groups excluding carboxylic acids is 1. The van der Waals surface area contributed by atoms with E-state index in [1.165, 1.54) is 0 Å². The third kappa shape index (κ3) is 2.25. The lowest BCUT2D eigenvalue weighted by Crippen LogP contribution is -2.33. The number of rotatable bonds is 1. The second kappa shape index (κ2) is 5.95. The van der Waals surface area contributed by atoms with Gasteiger partial charge in [-0.2, -0.15) is 0 Å². The first kappa shape index (κ1) is 17.0. The SMILES string of the molecule is O=C1C2=C(Nc3[nH]c(=O)[nH]c(=O)c3[C@@H]2c2cccc(Cl)c2Cl)c2ccccc21. The highest BCUT2D eigenvalue weighted by Crippen LogP contribution is 2.49. The van der Waals surface area contributed by atoms with Gasteiger partial charge in [0.1, 0.15) is 5.82 Å². The van der Waals surface area contributed by atoms with Crippen molar-refractivity contribution in [3.05, 3.63) is 101 Å². The molecule has 1 atom stereocenters. The monoisotopic (exact) mass is 411 g/mol. The van der Waals surface area contributed by atoms with Crippen LogP contribution in [0.1, 0.15) is 33.0 Å². The van der Waals surface area contributed by atoms with Crippen LogP contribution >= 0.6 is 23.2 Å². The Balaban J connectivity index is 1.88. The Hall–Kier alpha value is -3.09. The Bertz CT molecular complexity index is 1340. The molecule has 0 bridgehead atoms. The predicted octanol–water partition coefficient (Wildman–Crippen LogP) is 3.54. The summed E-state index contributed by atoms with van der Waals surface area (Å²) in [4.78, 5) is 42.6. The number of allylic oxidation sites excluding steroid dienone is 1. The summed E-state index contributed by atoms with van der Waals surface area (Å²) in [6.07, 6.45) is 0. The maximum absolute atomic E-state index is 13.2. The fraction of sp³-hybridized carbons (Fsp3) is 0.0500. The molecule has 2 aliphatic rings. The molecule has 0 amide bonds. The van der Waals surface area contributed by atoms with Crippen molar-refractivity contribution >= 4 is 40.5 Å². The molecule has 138 valence electrons. The first-order valence-electron chi connectivity index (χ1n) is 8.43. The van der Waals surface area contributed by atoms with Gasteiger partial charge in [0.25, 0.3) is 5.56 Å². The van der Waals surface area contributed by atoms with Crippen LogP contribution in [0.5, 0.6) is 0 Å². The summed E-state index contributed by atoms with van der Waals surface area (Å²) in [6.45, 7) is 0. The molecule has 3 aromatic rings. The van der Waals surface area contributed by atoms with Crippen LogP contribution < -0.4 is 16.6 Å². The van der Waals surface area contributed by atoms with Gasteiger partial charge in [-0.3, -0.25) is 19.6 Å². The van der Waals surface area contributed by atoms with Gasteiger partial charge in [0.05, 0.1) is 27.2 Å². The molecule has 8 heteroatoms. The fourth-order valence-corrected chi connectivity index (χ4v) is 4.32. The maximum atomic E-state index is 13.2. The van der Waals surface area contributed by atoms with Crippen LogP contribution in [0.3, 0.4) is 0 Å². The van der Waals surface area contributed by atoms with Gasteiger partial charge in [-0.25, -0.2) is 4.79 Å². The molecule has 0 unspecified atom stereocenters. The van der Waals surface area contributed by atoms with E-state index in [0.717, 1.165) is 0 Å². The molecule has 1 aliphatic carbocycles. The van der Waals surface area contributed by atoms with E-state index < -0.39 is 17.2 Å². The average Bonchev–Trinajstić information content (AvgIpc) is 2.95. The number of anilines is 1. The molecular weight excluding hydrogens is 401 g/mol. The zero-order valence-electron chi connectivity index (χ0n) is 14.1. The molecule has 2 aromatic carbocycles. The van der Waals surface area contributed by atoms with Crippen LogP contribution in [-0.4, -0.2) is 15.8 Å². The van der Waals surface area contributed by atoms with E-state index >= 15 is 0 Å². The molecule has 5 rings (SSSR count). The smallest absolute Gasteiger partial charge is 0.327 e. The van der Waals surface area contributed by atoms with Gasteiger partial charge in [-0.05, 0) is 11.6 Å². The summed E-state index contributed by atoms with van der Waals surface area (Å²) in [5.74, 6) is -0.744. The third-order valence-electron chi connectivity index (χ3n) is 5.05. The minimum absolute atomic E-state index is 0.199. The molecule has 28 heavy (non-hydrogen) atoms. The molecule has 0 spiro atoms. The van der Waals surface area contributed by atoms with Crippen LogP contribution in [0.25, 0.3) is 5.70 Å². The van der Waals surface area contributed by atoms with Gasteiger partial charge in [-0.15, -0.1) is 0 Å². The van der Waals surface area contributed by atoms with Crippen LogP contribution in [-0.2, 0) is 0 Å². The Kier molecular flexibility index (Phi) is 3.62. The summed E-state index contributed by atoms with van der Waals surface area (Å²) in [6, 6.07) is 12.2. The van der Waals surface area contributed by atoms with E-state index in [0.29, 0.717) is 33.0 Å². The van der Waals surface area contributed by atoms with Crippen molar-refractivity contribution in [2.24, 2.45) is 0 Å². The zero-order valence-corrected chi connectivity index (χ0v) is 15.6. The number of aromatic amines is 2. The van der Waals surface area contributed by atoms with E-state index in [4.69, 9.17) is 23.2 Å². The van der Waals surface area contributed by atoms with Crippen molar-refractivity contribution in [1.82, 2.24) is 9.97 Å². The Morgan fingerprint density at radius 3 is 2.39 bits per heavy atom. The molecule has 0 saturated heterocycles. The molecule has 1 aliphatic heterocycles. The molecule has 6 nitrogen and oxygen atoms in total.